The first-order valence-corrected chi connectivity index (χ1v) is 20.2. The zero-order chi connectivity index (χ0) is 35.9. The van der Waals surface area contributed by atoms with Crippen molar-refractivity contribution in [2.24, 2.45) is 5.92 Å². The van der Waals surface area contributed by atoms with E-state index in [-0.39, 0.29) is 11.9 Å². The fraction of sp³-hybridized carbons (Fsp3) is 0.405. The SMILES string of the molecule is COc1ccc(C(OC[C@@H]2C[C@@H](C)CN2C(=O)CCCCCCC(=O)CCSSc2ccccn2)(c2ccccc2)c2ccc(OC)cc2)cc1. The van der Waals surface area contributed by atoms with Crippen molar-refractivity contribution in [1.82, 2.24) is 9.88 Å². The summed E-state index contributed by atoms with van der Waals surface area (Å²) in [6, 6.07) is 32.2. The molecule has 3 aromatic carbocycles. The normalized spacial score (nSPS) is 15.9. The standard InChI is InChI=1S/C42H50N2O5S2/c1-32-29-36(44(30-32)41(46)17-10-5-4-9-15-37(45)26-28-50-51-40-16-11-12-27-43-40)31-49-42(33-13-7-6-8-14-33,34-18-22-38(47-2)23-19-34)35-20-24-39(48-3)25-21-35/h6-8,11-14,16,18-25,27,32,36H,4-5,9-10,15,17,26,28-31H2,1-3H3/t32-,36+/m1/s1. The third-order valence-corrected chi connectivity index (χ3v) is 11.7. The lowest BCUT2D eigenvalue weighted by Crippen LogP contribution is -2.42. The molecule has 1 aliphatic heterocycles. The zero-order valence-corrected chi connectivity index (χ0v) is 31.6. The molecule has 0 saturated carbocycles. The van der Waals surface area contributed by atoms with Gasteiger partial charge in [0.2, 0.25) is 5.91 Å². The van der Waals surface area contributed by atoms with Crippen LogP contribution in [0.4, 0.5) is 0 Å². The van der Waals surface area contributed by atoms with Crippen molar-refractivity contribution >= 4 is 33.3 Å². The molecule has 1 saturated heterocycles. The second-order valence-corrected chi connectivity index (χ2v) is 15.6. The van der Waals surface area contributed by atoms with Crippen molar-refractivity contribution in [3.05, 3.63) is 120 Å². The molecule has 2 heterocycles. The molecule has 4 aromatic rings. The number of Topliss-reactive ketones (excluding diaryl/α,β-unsaturated/α-hetero) is 1. The number of aromatic nitrogens is 1. The maximum Gasteiger partial charge on any atom is 0.222 e. The summed E-state index contributed by atoms with van der Waals surface area (Å²) in [5, 5.41) is 0.967. The molecule has 1 aliphatic rings. The van der Waals surface area contributed by atoms with E-state index in [9.17, 15) is 9.59 Å². The molecule has 0 aliphatic carbocycles. The minimum absolute atomic E-state index is 0.0292. The quantitative estimate of drug-likeness (QED) is 0.0507. The van der Waals surface area contributed by atoms with Crippen LogP contribution in [0.25, 0.3) is 0 Å². The van der Waals surface area contributed by atoms with Crippen LogP contribution in [0.2, 0.25) is 0 Å². The lowest BCUT2D eigenvalue weighted by atomic mass is 9.80. The molecule has 0 spiro atoms. The first kappa shape index (κ1) is 38.4. The number of pyridine rings is 1. The number of methoxy groups -OCH3 is 2. The highest BCUT2D eigenvalue weighted by molar-refractivity contribution is 8.76. The highest BCUT2D eigenvalue weighted by Gasteiger charge is 2.41. The fourth-order valence-electron chi connectivity index (χ4n) is 6.78. The van der Waals surface area contributed by atoms with Crippen molar-refractivity contribution in [2.75, 3.05) is 33.1 Å². The maximum absolute atomic E-state index is 13.6. The Morgan fingerprint density at radius 2 is 1.37 bits per heavy atom. The smallest absolute Gasteiger partial charge is 0.222 e. The number of ether oxygens (including phenoxy) is 3. The number of nitrogens with zero attached hydrogens (tertiary/aromatic N) is 2. The van der Waals surface area contributed by atoms with Gasteiger partial charge < -0.3 is 19.1 Å². The zero-order valence-electron chi connectivity index (χ0n) is 30.0. The first-order chi connectivity index (χ1) is 24.9. The Balaban J connectivity index is 1.17. The van der Waals surface area contributed by atoms with Crippen molar-refractivity contribution in [3.63, 3.8) is 0 Å². The molecule has 0 radical (unpaired) electrons. The van der Waals surface area contributed by atoms with E-state index in [0.29, 0.717) is 37.6 Å². The minimum Gasteiger partial charge on any atom is -0.497 e. The Kier molecular flexibility index (Phi) is 14.9. The second kappa shape index (κ2) is 19.7. The maximum atomic E-state index is 13.6. The van der Waals surface area contributed by atoms with Crippen molar-refractivity contribution < 1.29 is 23.8 Å². The van der Waals surface area contributed by atoms with E-state index in [1.165, 1.54) is 0 Å². The van der Waals surface area contributed by atoms with Gasteiger partial charge in [0.05, 0.1) is 26.9 Å². The number of ketones is 1. The number of benzene rings is 3. The van der Waals surface area contributed by atoms with Gasteiger partial charge in [-0.25, -0.2) is 4.98 Å². The van der Waals surface area contributed by atoms with Crippen molar-refractivity contribution in [3.8, 4) is 11.5 Å². The molecule has 2 atom stereocenters. The predicted molar refractivity (Wildman–Crippen MR) is 207 cm³/mol. The monoisotopic (exact) mass is 726 g/mol. The Morgan fingerprint density at radius 3 is 1.98 bits per heavy atom. The summed E-state index contributed by atoms with van der Waals surface area (Å²) < 4.78 is 18.2. The van der Waals surface area contributed by atoms with Crippen LogP contribution in [0.15, 0.2) is 108 Å². The molecule has 0 unspecified atom stereocenters. The van der Waals surface area contributed by atoms with Gasteiger partial charge in [-0.2, -0.15) is 0 Å². The van der Waals surface area contributed by atoms with Gasteiger partial charge in [0.1, 0.15) is 27.9 Å². The largest absolute Gasteiger partial charge is 0.497 e. The van der Waals surface area contributed by atoms with Gasteiger partial charge in [-0.05, 0) is 89.1 Å². The summed E-state index contributed by atoms with van der Waals surface area (Å²) >= 11 is 0. The van der Waals surface area contributed by atoms with Gasteiger partial charge in [-0.1, -0.05) is 91.2 Å². The second-order valence-electron chi connectivity index (χ2n) is 13.1. The number of likely N-dealkylation sites (tertiary alicyclic amines) is 1. The van der Waals surface area contributed by atoms with Gasteiger partial charge in [0.15, 0.2) is 0 Å². The van der Waals surface area contributed by atoms with E-state index in [2.05, 4.69) is 48.3 Å². The summed E-state index contributed by atoms with van der Waals surface area (Å²) in [7, 11) is 6.62. The summed E-state index contributed by atoms with van der Waals surface area (Å²) in [5.41, 5.74) is 2.03. The third-order valence-electron chi connectivity index (χ3n) is 9.45. The van der Waals surface area contributed by atoms with Gasteiger partial charge in [0.25, 0.3) is 0 Å². The molecular formula is C42H50N2O5S2. The average Bonchev–Trinajstić information content (AvgIpc) is 3.56. The number of hydrogen-bond acceptors (Lipinski definition) is 8. The lowest BCUT2D eigenvalue weighted by molar-refractivity contribution is -0.134. The van der Waals surface area contributed by atoms with Gasteiger partial charge in [0, 0.05) is 37.8 Å². The topological polar surface area (TPSA) is 78.0 Å². The molecule has 1 aromatic heterocycles. The van der Waals surface area contributed by atoms with Crippen LogP contribution in [0.5, 0.6) is 11.5 Å². The number of unbranched alkanes of at least 4 members (excludes halogenated alkanes) is 3. The van der Waals surface area contributed by atoms with Crippen LogP contribution in [-0.4, -0.2) is 60.7 Å². The minimum atomic E-state index is -0.922. The number of hydrogen-bond donors (Lipinski definition) is 0. The number of amides is 1. The molecule has 5 rings (SSSR count). The van der Waals surface area contributed by atoms with Gasteiger partial charge in [-0.3, -0.25) is 9.59 Å². The van der Waals surface area contributed by atoms with E-state index in [4.69, 9.17) is 14.2 Å². The van der Waals surface area contributed by atoms with Crippen molar-refractivity contribution in [2.45, 2.75) is 75.0 Å². The molecule has 0 bridgehead atoms. The highest BCUT2D eigenvalue weighted by Crippen LogP contribution is 2.42. The van der Waals surface area contributed by atoms with Crippen LogP contribution in [0.1, 0.15) is 75.0 Å². The van der Waals surface area contributed by atoms with E-state index >= 15 is 0 Å². The molecule has 1 amide bonds. The molecule has 1 fully saturated rings. The number of carbonyl (C=O) groups excluding carboxylic acids is 2. The van der Waals surface area contributed by atoms with Crippen LogP contribution in [0, 0.1) is 5.92 Å². The predicted octanol–water partition coefficient (Wildman–Crippen LogP) is 9.38. The molecule has 0 N–H and O–H groups in total. The summed E-state index contributed by atoms with van der Waals surface area (Å²) in [6.07, 6.45) is 7.99. The van der Waals surface area contributed by atoms with Gasteiger partial charge >= 0.3 is 0 Å². The van der Waals surface area contributed by atoms with Crippen LogP contribution < -0.4 is 9.47 Å². The van der Waals surface area contributed by atoms with Crippen LogP contribution in [-0.2, 0) is 19.9 Å². The highest BCUT2D eigenvalue weighted by atomic mass is 33.1. The Bertz CT molecular complexity index is 1590. The van der Waals surface area contributed by atoms with Crippen molar-refractivity contribution in [1.29, 1.82) is 0 Å². The number of carbonyl (C=O) groups is 2. The Labute approximate surface area is 311 Å². The molecule has 7 nitrogen and oxygen atoms in total. The molecule has 51 heavy (non-hydrogen) atoms. The van der Waals surface area contributed by atoms with Gasteiger partial charge in [-0.15, -0.1) is 0 Å². The van der Waals surface area contributed by atoms with E-state index in [1.807, 2.05) is 65.6 Å². The van der Waals surface area contributed by atoms with Crippen LogP contribution >= 0.6 is 21.6 Å². The van der Waals surface area contributed by atoms with E-state index in [0.717, 1.165) is 77.6 Å². The first-order valence-electron chi connectivity index (χ1n) is 17.9. The molecule has 270 valence electrons. The fourth-order valence-corrected chi connectivity index (χ4v) is 8.70. The Morgan fingerprint density at radius 1 is 0.765 bits per heavy atom. The summed E-state index contributed by atoms with van der Waals surface area (Å²) in [6.45, 7) is 3.34. The molecular weight excluding hydrogens is 677 g/mol. The lowest BCUT2D eigenvalue weighted by Gasteiger charge is -2.38. The van der Waals surface area contributed by atoms with E-state index in [1.54, 1.807) is 42.0 Å². The molecule has 9 heteroatoms. The average molecular weight is 727 g/mol. The third kappa shape index (κ3) is 10.6. The number of rotatable bonds is 20. The van der Waals surface area contributed by atoms with Crippen LogP contribution in [0.3, 0.4) is 0 Å². The Hall–Kier alpha value is -3.79. The summed E-state index contributed by atoms with van der Waals surface area (Å²) in [5.74, 6) is 3.22. The summed E-state index contributed by atoms with van der Waals surface area (Å²) in [4.78, 5) is 32.4. The van der Waals surface area contributed by atoms with E-state index < -0.39 is 5.60 Å².